The van der Waals surface area contributed by atoms with Crippen LogP contribution in [0.1, 0.15) is 30.1 Å². The number of carbonyl (C=O) groups is 1. The fraction of sp³-hybridized carbons (Fsp3) is 0.526. The fourth-order valence-corrected chi connectivity index (χ4v) is 3.51. The van der Waals surface area contributed by atoms with E-state index in [1.807, 2.05) is 0 Å². The van der Waals surface area contributed by atoms with Crippen molar-refractivity contribution in [3.05, 3.63) is 41.3 Å². The van der Waals surface area contributed by atoms with Crippen LogP contribution in [0.2, 0.25) is 0 Å². The molecule has 1 N–H and O–H groups in total. The Morgan fingerprint density at radius 2 is 2.25 bits per heavy atom. The topological polar surface area (TPSA) is 91.9 Å². The van der Waals surface area contributed by atoms with Crippen LogP contribution in [0.25, 0.3) is 0 Å². The van der Waals surface area contributed by atoms with Crippen LogP contribution < -0.4 is 4.74 Å². The molecule has 1 atom stereocenters. The number of aryl methyl sites for hydroxylation is 1. The Balaban J connectivity index is 1.68. The second-order valence-corrected chi connectivity index (χ2v) is 7.23. The molecular formula is C19H25FN4O4. The zero-order valence-electron chi connectivity index (χ0n) is 16.3. The normalized spacial score (nSPS) is 20.1. The zero-order chi connectivity index (χ0) is 20.3. The quantitative estimate of drug-likeness (QED) is 0.764. The summed E-state index contributed by atoms with van der Waals surface area (Å²) < 4.78 is 24.4. The van der Waals surface area contributed by atoms with Crippen LogP contribution in [-0.2, 0) is 17.9 Å². The number of halogens is 1. The Labute approximate surface area is 162 Å². The summed E-state index contributed by atoms with van der Waals surface area (Å²) in [6, 6.07) is 4.41. The zero-order valence-corrected chi connectivity index (χ0v) is 16.3. The number of hydrogen-bond donors (Lipinski definition) is 1. The van der Waals surface area contributed by atoms with Crippen molar-refractivity contribution in [2.45, 2.75) is 38.5 Å². The lowest BCUT2D eigenvalue weighted by molar-refractivity contribution is -0.160. The lowest BCUT2D eigenvalue weighted by atomic mass is 9.90. The van der Waals surface area contributed by atoms with E-state index in [0.29, 0.717) is 49.0 Å². The molecule has 28 heavy (non-hydrogen) atoms. The molecule has 1 saturated heterocycles. The molecule has 152 valence electrons. The Morgan fingerprint density at radius 1 is 1.46 bits per heavy atom. The highest BCUT2D eigenvalue weighted by molar-refractivity contribution is 5.86. The van der Waals surface area contributed by atoms with Gasteiger partial charge in [-0.3, -0.25) is 9.69 Å². The van der Waals surface area contributed by atoms with Gasteiger partial charge in [0.15, 0.2) is 11.4 Å². The fourth-order valence-electron chi connectivity index (χ4n) is 3.51. The monoisotopic (exact) mass is 392 g/mol. The number of nitrogens with zero attached hydrogens (tertiary/aromatic N) is 4. The molecule has 0 aliphatic carbocycles. The van der Waals surface area contributed by atoms with Crippen molar-refractivity contribution in [1.82, 2.24) is 19.9 Å². The Bertz CT molecular complexity index is 843. The molecule has 1 amide bonds. The summed E-state index contributed by atoms with van der Waals surface area (Å²) in [5.74, 6) is 0.649. The van der Waals surface area contributed by atoms with Gasteiger partial charge in [0, 0.05) is 25.2 Å². The molecular weight excluding hydrogens is 367 g/mol. The van der Waals surface area contributed by atoms with E-state index in [1.165, 1.54) is 24.1 Å². The number of aromatic nitrogens is 2. The van der Waals surface area contributed by atoms with Crippen molar-refractivity contribution in [3.8, 4) is 5.75 Å². The van der Waals surface area contributed by atoms with Gasteiger partial charge in [0.1, 0.15) is 11.6 Å². The second-order valence-electron chi connectivity index (χ2n) is 7.23. The molecule has 0 spiro atoms. The summed E-state index contributed by atoms with van der Waals surface area (Å²) in [6.07, 6.45) is 0.970. The van der Waals surface area contributed by atoms with Gasteiger partial charge >= 0.3 is 0 Å². The minimum Gasteiger partial charge on any atom is -0.497 e. The van der Waals surface area contributed by atoms with E-state index in [9.17, 15) is 14.3 Å². The molecule has 0 radical (unpaired) electrons. The van der Waals surface area contributed by atoms with Gasteiger partial charge in [-0.05, 0) is 45.0 Å². The largest absolute Gasteiger partial charge is 0.497 e. The third-order valence-corrected chi connectivity index (χ3v) is 4.82. The predicted molar refractivity (Wildman–Crippen MR) is 97.9 cm³/mol. The van der Waals surface area contributed by atoms with Gasteiger partial charge in [-0.25, -0.2) is 4.39 Å². The maximum absolute atomic E-state index is 14.1. The van der Waals surface area contributed by atoms with Gasteiger partial charge in [-0.15, -0.1) is 0 Å². The van der Waals surface area contributed by atoms with Crippen LogP contribution in [0, 0.1) is 12.7 Å². The van der Waals surface area contributed by atoms with E-state index in [4.69, 9.17) is 9.26 Å². The molecule has 9 heteroatoms. The number of hydrogen-bond acceptors (Lipinski definition) is 7. The van der Waals surface area contributed by atoms with Gasteiger partial charge in [-0.1, -0.05) is 5.16 Å². The van der Waals surface area contributed by atoms with Crippen molar-refractivity contribution in [3.63, 3.8) is 0 Å². The average Bonchev–Trinajstić information content (AvgIpc) is 3.05. The van der Waals surface area contributed by atoms with Crippen LogP contribution >= 0.6 is 0 Å². The number of piperidine rings is 1. The highest BCUT2D eigenvalue weighted by Crippen LogP contribution is 2.27. The molecule has 0 bridgehead atoms. The van der Waals surface area contributed by atoms with Crippen molar-refractivity contribution in [2.24, 2.45) is 0 Å². The SMILES string of the molecule is COc1ccc(F)c(CN2CCCC(O)(CN(C)Cc3nc(C)no3)C2=O)c1. The maximum Gasteiger partial charge on any atom is 0.256 e. The average molecular weight is 392 g/mol. The Kier molecular flexibility index (Phi) is 5.95. The van der Waals surface area contributed by atoms with Gasteiger partial charge in [0.2, 0.25) is 5.89 Å². The maximum atomic E-state index is 14.1. The van der Waals surface area contributed by atoms with Crippen LogP contribution in [-0.4, -0.2) is 63.8 Å². The standard InChI is InChI=1S/C19H25FN4O4/c1-13-21-17(28-22-13)11-23(2)12-19(26)7-4-8-24(18(19)25)10-14-9-15(27-3)5-6-16(14)20/h5-6,9,26H,4,7-8,10-12H2,1-3H3. The molecule has 0 saturated carbocycles. The summed E-state index contributed by atoms with van der Waals surface area (Å²) in [6.45, 7) is 2.70. The molecule has 2 heterocycles. The van der Waals surface area contributed by atoms with Crippen LogP contribution in [0.15, 0.2) is 22.7 Å². The highest BCUT2D eigenvalue weighted by Gasteiger charge is 2.43. The molecule has 1 aromatic heterocycles. The number of ether oxygens (including phenoxy) is 1. The number of aliphatic hydroxyl groups is 1. The van der Waals surface area contributed by atoms with E-state index in [-0.39, 0.29) is 13.1 Å². The molecule has 1 aliphatic rings. The Morgan fingerprint density at radius 3 is 2.93 bits per heavy atom. The summed E-state index contributed by atoms with van der Waals surface area (Å²) in [5, 5.41) is 14.7. The first kappa shape index (κ1) is 20.2. The highest BCUT2D eigenvalue weighted by atomic mass is 19.1. The van der Waals surface area contributed by atoms with Crippen molar-refractivity contribution >= 4 is 5.91 Å². The minimum absolute atomic E-state index is 0.0801. The molecule has 8 nitrogen and oxygen atoms in total. The Hall–Kier alpha value is -2.52. The van der Waals surface area contributed by atoms with Crippen LogP contribution in [0.3, 0.4) is 0 Å². The summed E-state index contributed by atoms with van der Waals surface area (Å²) in [4.78, 5) is 20.3. The van der Waals surface area contributed by atoms with Gasteiger partial charge in [0.25, 0.3) is 5.91 Å². The van der Waals surface area contributed by atoms with Gasteiger partial charge < -0.3 is 19.3 Å². The third-order valence-electron chi connectivity index (χ3n) is 4.82. The first-order valence-electron chi connectivity index (χ1n) is 9.12. The lowest BCUT2D eigenvalue weighted by Gasteiger charge is -2.40. The molecule has 3 rings (SSSR count). The van der Waals surface area contributed by atoms with Gasteiger partial charge in [0.05, 0.1) is 13.7 Å². The molecule has 1 unspecified atom stereocenters. The predicted octanol–water partition coefficient (Wildman–Crippen LogP) is 1.51. The second kappa shape index (κ2) is 8.24. The van der Waals surface area contributed by atoms with Crippen LogP contribution in [0.4, 0.5) is 4.39 Å². The summed E-state index contributed by atoms with van der Waals surface area (Å²) in [5.41, 5.74) is -1.19. The van der Waals surface area contributed by atoms with E-state index < -0.39 is 17.3 Å². The van der Waals surface area contributed by atoms with E-state index in [2.05, 4.69) is 10.1 Å². The number of likely N-dealkylation sites (N-methyl/N-ethyl adjacent to an activating group) is 1. The summed E-state index contributed by atoms with van der Waals surface area (Å²) >= 11 is 0. The van der Waals surface area contributed by atoms with E-state index >= 15 is 0 Å². The smallest absolute Gasteiger partial charge is 0.256 e. The first-order valence-corrected chi connectivity index (χ1v) is 9.12. The van der Waals surface area contributed by atoms with Crippen molar-refractivity contribution in [1.29, 1.82) is 0 Å². The molecule has 1 aliphatic heterocycles. The third kappa shape index (κ3) is 4.48. The number of carbonyl (C=O) groups excluding carboxylic acids is 1. The lowest BCUT2D eigenvalue weighted by Crippen LogP contribution is -2.57. The van der Waals surface area contributed by atoms with Crippen molar-refractivity contribution < 1.29 is 23.6 Å². The van der Waals surface area contributed by atoms with Crippen LogP contribution in [0.5, 0.6) is 5.75 Å². The number of benzene rings is 1. The van der Waals surface area contributed by atoms with E-state index in [0.717, 1.165) is 0 Å². The first-order chi connectivity index (χ1) is 13.3. The number of amides is 1. The molecule has 2 aromatic rings. The molecule has 1 aromatic carbocycles. The van der Waals surface area contributed by atoms with E-state index in [1.54, 1.807) is 24.9 Å². The van der Waals surface area contributed by atoms with Gasteiger partial charge in [-0.2, -0.15) is 4.98 Å². The van der Waals surface area contributed by atoms with Crippen molar-refractivity contribution in [2.75, 3.05) is 27.2 Å². The number of rotatable bonds is 7. The number of likely N-dealkylation sites (tertiary alicyclic amines) is 1. The molecule has 1 fully saturated rings. The number of methoxy groups -OCH3 is 1. The summed E-state index contributed by atoms with van der Waals surface area (Å²) in [7, 11) is 3.27. The minimum atomic E-state index is -1.54.